The van der Waals surface area contributed by atoms with Crippen LogP contribution in [0, 0.1) is 13.8 Å². The second-order valence-electron chi connectivity index (χ2n) is 3.60. The maximum Gasteiger partial charge on any atom is 0.266 e. The van der Waals surface area contributed by atoms with Gasteiger partial charge in [0.05, 0.1) is 0 Å². The van der Waals surface area contributed by atoms with Crippen LogP contribution in [0.25, 0.3) is 0 Å². The van der Waals surface area contributed by atoms with Gasteiger partial charge in [-0.3, -0.25) is 10.2 Å². The first-order valence-corrected chi connectivity index (χ1v) is 4.57. The number of hydrogen-bond donors (Lipinski definition) is 1. The molecule has 0 aliphatic heterocycles. The smallest absolute Gasteiger partial charge is 0.266 e. The van der Waals surface area contributed by atoms with Crippen molar-refractivity contribution in [3.63, 3.8) is 0 Å². The van der Waals surface area contributed by atoms with Gasteiger partial charge in [0, 0.05) is 19.7 Å². The summed E-state index contributed by atoms with van der Waals surface area (Å²) in [6, 6.07) is 5.84. The molecule has 0 aromatic heterocycles. The van der Waals surface area contributed by atoms with E-state index in [4.69, 9.17) is 0 Å². The van der Waals surface area contributed by atoms with Crippen LogP contribution in [0.1, 0.15) is 21.5 Å². The molecule has 0 aliphatic carbocycles. The molecular weight excluding hydrogens is 176 g/mol. The predicted molar refractivity (Wildman–Crippen MR) is 57.1 cm³/mol. The Balaban J connectivity index is 3.00. The Bertz CT molecular complexity index is 325. The number of nitrogens with one attached hydrogen (secondary N) is 1. The van der Waals surface area contributed by atoms with Gasteiger partial charge in [-0.25, -0.2) is 5.01 Å². The van der Waals surface area contributed by atoms with Crippen molar-refractivity contribution >= 4 is 5.91 Å². The largest absolute Gasteiger partial charge is 0.285 e. The molecule has 0 spiro atoms. The molecule has 0 saturated heterocycles. The minimum absolute atomic E-state index is 0.0504. The topological polar surface area (TPSA) is 32.3 Å². The van der Waals surface area contributed by atoms with Crippen LogP contribution in [-0.2, 0) is 0 Å². The Hall–Kier alpha value is -1.35. The molecule has 0 aliphatic rings. The average Bonchev–Trinajstić information content (AvgIpc) is 2.01. The fraction of sp³-hybridized carbons (Fsp3) is 0.364. The van der Waals surface area contributed by atoms with Gasteiger partial charge in [0.25, 0.3) is 5.91 Å². The highest BCUT2D eigenvalue weighted by molar-refractivity contribution is 5.96. The summed E-state index contributed by atoms with van der Waals surface area (Å²) < 4.78 is 0. The summed E-state index contributed by atoms with van der Waals surface area (Å²) in [7, 11) is 3.59. The van der Waals surface area contributed by atoms with E-state index in [9.17, 15) is 4.79 Å². The lowest BCUT2D eigenvalue weighted by atomic mass is 10.0. The summed E-state index contributed by atoms with van der Waals surface area (Å²) in [5, 5.41) is 1.65. The van der Waals surface area contributed by atoms with E-state index < -0.39 is 0 Å². The fourth-order valence-corrected chi connectivity index (χ4v) is 1.43. The zero-order valence-corrected chi connectivity index (χ0v) is 9.09. The minimum atomic E-state index is -0.0504. The van der Waals surface area contributed by atoms with Crippen molar-refractivity contribution in [3.05, 3.63) is 34.9 Å². The Morgan fingerprint density at radius 3 is 2.14 bits per heavy atom. The number of carbonyl (C=O) groups excluding carboxylic acids is 1. The number of amides is 1. The Morgan fingerprint density at radius 1 is 1.21 bits per heavy atom. The van der Waals surface area contributed by atoms with Crippen molar-refractivity contribution in [1.82, 2.24) is 10.4 Å². The third-order valence-electron chi connectivity index (χ3n) is 2.03. The maximum atomic E-state index is 11.7. The highest BCUT2D eigenvalue weighted by Crippen LogP contribution is 2.12. The first kappa shape index (κ1) is 10.7. The average molecular weight is 192 g/mol. The van der Waals surface area contributed by atoms with Crippen molar-refractivity contribution in [3.8, 4) is 0 Å². The Kier molecular flexibility index (Phi) is 3.25. The summed E-state index contributed by atoms with van der Waals surface area (Å²) in [6.45, 7) is 3.88. The van der Waals surface area contributed by atoms with E-state index in [1.165, 1.54) is 0 Å². The molecule has 76 valence electrons. The molecule has 14 heavy (non-hydrogen) atoms. The first-order valence-electron chi connectivity index (χ1n) is 4.57. The van der Waals surface area contributed by atoms with Gasteiger partial charge in [0.2, 0.25) is 0 Å². The van der Waals surface area contributed by atoms with Gasteiger partial charge < -0.3 is 0 Å². The van der Waals surface area contributed by atoms with Gasteiger partial charge in [0.1, 0.15) is 0 Å². The molecule has 0 atom stereocenters. The standard InChI is InChI=1S/C11H16N2O/c1-8-6-5-7-9(2)10(8)11(14)12-13(3)4/h5-7H,1-4H3,(H,12,14). The Labute approximate surface area is 84.7 Å². The third kappa shape index (κ3) is 2.33. The molecule has 1 aromatic rings. The van der Waals surface area contributed by atoms with Gasteiger partial charge in [-0.15, -0.1) is 0 Å². The number of rotatable bonds is 2. The zero-order valence-electron chi connectivity index (χ0n) is 9.09. The van der Waals surface area contributed by atoms with Crippen LogP contribution in [0.15, 0.2) is 18.2 Å². The van der Waals surface area contributed by atoms with Crippen molar-refractivity contribution in [2.24, 2.45) is 0 Å². The molecule has 1 N–H and O–H groups in total. The van der Waals surface area contributed by atoms with Crippen LogP contribution in [0.4, 0.5) is 0 Å². The third-order valence-corrected chi connectivity index (χ3v) is 2.03. The van der Waals surface area contributed by atoms with Gasteiger partial charge in [-0.05, 0) is 25.0 Å². The van der Waals surface area contributed by atoms with E-state index in [1.54, 1.807) is 19.1 Å². The van der Waals surface area contributed by atoms with Gasteiger partial charge in [-0.2, -0.15) is 0 Å². The lowest BCUT2D eigenvalue weighted by Gasteiger charge is -2.14. The number of aryl methyl sites for hydroxylation is 2. The molecule has 3 heteroatoms. The summed E-state index contributed by atoms with van der Waals surface area (Å²) in [5.41, 5.74) is 5.51. The van der Waals surface area contributed by atoms with Crippen LogP contribution in [0.3, 0.4) is 0 Å². The van der Waals surface area contributed by atoms with Crippen molar-refractivity contribution in [2.75, 3.05) is 14.1 Å². The molecule has 0 radical (unpaired) electrons. The molecule has 1 aromatic carbocycles. The number of nitrogens with zero attached hydrogens (tertiary/aromatic N) is 1. The second kappa shape index (κ2) is 4.24. The molecule has 1 rings (SSSR count). The van der Waals surface area contributed by atoms with Crippen molar-refractivity contribution in [1.29, 1.82) is 0 Å². The van der Waals surface area contributed by atoms with Crippen LogP contribution in [0.2, 0.25) is 0 Å². The quantitative estimate of drug-likeness (QED) is 0.720. The summed E-state index contributed by atoms with van der Waals surface area (Å²) in [4.78, 5) is 11.7. The van der Waals surface area contributed by atoms with Gasteiger partial charge in [0.15, 0.2) is 0 Å². The van der Waals surface area contributed by atoms with Crippen LogP contribution < -0.4 is 5.43 Å². The monoisotopic (exact) mass is 192 g/mol. The van der Waals surface area contributed by atoms with Gasteiger partial charge >= 0.3 is 0 Å². The van der Waals surface area contributed by atoms with Crippen molar-refractivity contribution < 1.29 is 4.79 Å². The van der Waals surface area contributed by atoms with E-state index >= 15 is 0 Å². The van der Waals surface area contributed by atoms with Crippen molar-refractivity contribution in [2.45, 2.75) is 13.8 Å². The summed E-state index contributed by atoms with van der Waals surface area (Å²) in [5.74, 6) is -0.0504. The highest BCUT2D eigenvalue weighted by Gasteiger charge is 2.11. The summed E-state index contributed by atoms with van der Waals surface area (Å²) >= 11 is 0. The first-order chi connectivity index (χ1) is 6.52. The summed E-state index contributed by atoms with van der Waals surface area (Å²) in [6.07, 6.45) is 0. The molecular formula is C11H16N2O. The molecule has 3 nitrogen and oxygen atoms in total. The van der Waals surface area contributed by atoms with E-state index in [0.717, 1.165) is 16.7 Å². The molecule has 0 bridgehead atoms. The fourth-order valence-electron chi connectivity index (χ4n) is 1.43. The second-order valence-corrected chi connectivity index (χ2v) is 3.60. The lowest BCUT2D eigenvalue weighted by molar-refractivity contribution is 0.0855. The van der Waals surface area contributed by atoms with E-state index in [0.29, 0.717) is 0 Å². The minimum Gasteiger partial charge on any atom is -0.285 e. The molecule has 0 saturated carbocycles. The molecule has 0 heterocycles. The van der Waals surface area contributed by atoms with Crippen LogP contribution >= 0.6 is 0 Å². The van der Waals surface area contributed by atoms with E-state index in [1.807, 2.05) is 32.0 Å². The molecule has 0 fully saturated rings. The maximum absolute atomic E-state index is 11.7. The van der Waals surface area contributed by atoms with E-state index in [-0.39, 0.29) is 5.91 Å². The van der Waals surface area contributed by atoms with Gasteiger partial charge in [-0.1, -0.05) is 18.2 Å². The van der Waals surface area contributed by atoms with E-state index in [2.05, 4.69) is 5.43 Å². The highest BCUT2D eigenvalue weighted by atomic mass is 16.2. The zero-order chi connectivity index (χ0) is 10.7. The molecule has 1 amide bonds. The normalized spacial score (nSPS) is 10.4. The predicted octanol–water partition coefficient (Wildman–Crippen LogP) is 1.51. The number of carbonyl (C=O) groups is 1. The number of hydrogen-bond acceptors (Lipinski definition) is 2. The molecule has 0 unspecified atom stereocenters. The van der Waals surface area contributed by atoms with Crippen LogP contribution in [-0.4, -0.2) is 25.0 Å². The number of benzene rings is 1. The Morgan fingerprint density at radius 2 is 1.71 bits per heavy atom. The number of hydrazine groups is 1. The lowest BCUT2D eigenvalue weighted by Crippen LogP contribution is -2.36. The SMILES string of the molecule is Cc1cccc(C)c1C(=O)NN(C)C. The van der Waals surface area contributed by atoms with Crippen LogP contribution in [0.5, 0.6) is 0 Å².